The topological polar surface area (TPSA) is 63.9 Å². The minimum absolute atomic E-state index is 0.179. The Kier molecular flexibility index (Phi) is 3.76. The van der Waals surface area contributed by atoms with E-state index in [1.165, 1.54) is 16.9 Å². The van der Waals surface area contributed by atoms with Gasteiger partial charge in [0.25, 0.3) is 5.91 Å². The molecule has 0 spiro atoms. The first kappa shape index (κ1) is 15.4. The van der Waals surface area contributed by atoms with Crippen molar-refractivity contribution in [1.29, 1.82) is 0 Å². The van der Waals surface area contributed by atoms with Gasteiger partial charge in [0.2, 0.25) is 5.82 Å². The van der Waals surface area contributed by atoms with Gasteiger partial charge in [0, 0.05) is 17.8 Å². The van der Waals surface area contributed by atoms with Gasteiger partial charge in [0.05, 0.1) is 0 Å². The molecule has 0 saturated heterocycles. The summed E-state index contributed by atoms with van der Waals surface area (Å²) in [5.41, 5.74) is 2.43. The number of nitrogens with zero attached hydrogens (tertiary/aromatic N) is 5. The normalized spacial score (nSPS) is 14.4. The number of amides is 1. The van der Waals surface area contributed by atoms with E-state index in [2.05, 4.69) is 15.4 Å². The Morgan fingerprint density at radius 2 is 2.00 bits per heavy atom. The Hall–Kier alpha value is -3.09. The SMILES string of the molecule is CC(C(=O)N1CCc2ccc(F)cc21)n1nnc(-c2ccccc2)n1. The van der Waals surface area contributed by atoms with E-state index in [0.29, 0.717) is 24.5 Å². The zero-order chi connectivity index (χ0) is 17.4. The van der Waals surface area contributed by atoms with E-state index in [0.717, 1.165) is 11.1 Å². The fourth-order valence-corrected chi connectivity index (χ4v) is 3.00. The van der Waals surface area contributed by atoms with E-state index in [9.17, 15) is 9.18 Å². The lowest BCUT2D eigenvalue weighted by Gasteiger charge is -2.20. The van der Waals surface area contributed by atoms with E-state index in [1.54, 1.807) is 17.9 Å². The van der Waals surface area contributed by atoms with Crippen LogP contribution in [0.3, 0.4) is 0 Å². The molecule has 0 radical (unpaired) electrons. The Balaban J connectivity index is 1.58. The van der Waals surface area contributed by atoms with Gasteiger partial charge in [0.15, 0.2) is 0 Å². The molecule has 0 bridgehead atoms. The molecule has 1 amide bonds. The highest BCUT2D eigenvalue weighted by Gasteiger charge is 2.30. The predicted octanol–water partition coefficient (Wildman–Crippen LogP) is 2.63. The zero-order valence-electron chi connectivity index (χ0n) is 13.6. The lowest BCUT2D eigenvalue weighted by Crippen LogP contribution is -2.35. The maximum Gasteiger partial charge on any atom is 0.253 e. The molecule has 126 valence electrons. The number of benzene rings is 2. The lowest BCUT2D eigenvalue weighted by molar-refractivity contribution is -0.121. The molecule has 1 unspecified atom stereocenters. The molecule has 1 aromatic heterocycles. The summed E-state index contributed by atoms with van der Waals surface area (Å²) in [4.78, 5) is 15.7. The molecule has 6 nitrogen and oxygen atoms in total. The van der Waals surface area contributed by atoms with E-state index in [4.69, 9.17) is 0 Å². The Morgan fingerprint density at radius 3 is 2.80 bits per heavy atom. The van der Waals surface area contributed by atoms with Crippen molar-refractivity contribution in [3.8, 4) is 11.4 Å². The maximum absolute atomic E-state index is 13.5. The highest BCUT2D eigenvalue weighted by atomic mass is 19.1. The number of carbonyl (C=O) groups excluding carboxylic acids is 1. The van der Waals surface area contributed by atoms with Crippen molar-refractivity contribution >= 4 is 11.6 Å². The summed E-state index contributed by atoms with van der Waals surface area (Å²) in [5, 5.41) is 12.4. The van der Waals surface area contributed by atoms with Gasteiger partial charge in [-0.2, -0.15) is 4.80 Å². The van der Waals surface area contributed by atoms with Crippen LogP contribution in [-0.4, -0.2) is 32.7 Å². The van der Waals surface area contributed by atoms with Crippen molar-refractivity contribution < 1.29 is 9.18 Å². The number of tetrazole rings is 1. The Labute approximate surface area is 143 Å². The van der Waals surface area contributed by atoms with E-state index >= 15 is 0 Å². The second-order valence-electron chi connectivity index (χ2n) is 5.99. The summed E-state index contributed by atoms with van der Waals surface area (Å²) in [7, 11) is 0. The first-order valence-corrected chi connectivity index (χ1v) is 8.08. The van der Waals surface area contributed by atoms with Crippen LogP contribution in [-0.2, 0) is 11.2 Å². The zero-order valence-corrected chi connectivity index (χ0v) is 13.6. The van der Waals surface area contributed by atoms with Crippen LogP contribution >= 0.6 is 0 Å². The summed E-state index contributed by atoms with van der Waals surface area (Å²) in [5.74, 6) is -0.0641. The summed E-state index contributed by atoms with van der Waals surface area (Å²) >= 11 is 0. The van der Waals surface area contributed by atoms with Gasteiger partial charge in [0.1, 0.15) is 11.9 Å². The predicted molar refractivity (Wildman–Crippen MR) is 90.4 cm³/mol. The average molecular weight is 337 g/mol. The maximum atomic E-state index is 13.5. The number of fused-ring (bicyclic) bond motifs is 1. The van der Waals surface area contributed by atoms with Crippen molar-refractivity contribution in [3.63, 3.8) is 0 Å². The van der Waals surface area contributed by atoms with Crippen LogP contribution in [0.5, 0.6) is 0 Å². The molecule has 4 rings (SSSR count). The number of anilines is 1. The van der Waals surface area contributed by atoms with E-state index in [-0.39, 0.29) is 11.7 Å². The fraction of sp³-hybridized carbons (Fsp3) is 0.222. The van der Waals surface area contributed by atoms with E-state index in [1.807, 2.05) is 30.3 Å². The van der Waals surface area contributed by atoms with Crippen molar-refractivity contribution in [2.75, 3.05) is 11.4 Å². The minimum Gasteiger partial charge on any atom is -0.310 e. The molecule has 0 N–H and O–H groups in total. The molecule has 1 aliphatic heterocycles. The van der Waals surface area contributed by atoms with Gasteiger partial charge >= 0.3 is 0 Å². The molecule has 0 saturated carbocycles. The Bertz CT molecular complexity index is 924. The first-order chi connectivity index (χ1) is 12.1. The number of rotatable bonds is 3. The van der Waals surface area contributed by atoms with Crippen LogP contribution in [0.2, 0.25) is 0 Å². The average Bonchev–Trinajstić information content (AvgIpc) is 3.28. The third-order valence-corrected chi connectivity index (χ3v) is 4.37. The smallest absolute Gasteiger partial charge is 0.253 e. The molecule has 2 heterocycles. The second-order valence-corrected chi connectivity index (χ2v) is 5.99. The molecule has 0 aliphatic carbocycles. The van der Waals surface area contributed by atoms with Gasteiger partial charge < -0.3 is 4.90 Å². The molecule has 1 aliphatic rings. The summed E-state index contributed by atoms with van der Waals surface area (Å²) in [6.07, 6.45) is 0.716. The second kappa shape index (κ2) is 6.08. The Morgan fingerprint density at radius 1 is 1.20 bits per heavy atom. The molecule has 25 heavy (non-hydrogen) atoms. The molecular formula is C18H16FN5O. The first-order valence-electron chi connectivity index (χ1n) is 8.08. The third kappa shape index (κ3) is 2.77. The quantitative estimate of drug-likeness (QED) is 0.737. The van der Waals surface area contributed by atoms with Crippen molar-refractivity contribution in [2.24, 2.45) is 0 Å². The van der Waals surface area contributed by atoms with Crippen LogP contribution in [0.15, 0.2) is 48.5 Å². The number of hydrogen-bond acceptors (Lipinski definition) is 4. The lowest BCUT2D eigenvalue weighted by atomic mass is 10.1. The van der Waals surface area contributed by atoms with Crippen LogP contribution in [0.1, 0.15) is 18.5 Å². The summed E-state index contributed by atoms with van der Waals surface area (Å²) in [6.45, 7) is 2.25. The molecule has 0 fully saturated rings. The molecule has 1 atom stereocenters. The highest BCUT2D eigenvalue weighted by Crippen LogP contribution is 2.30. The summed E-state index contributed by atoms with van der Waals surface area (Å²) < 4.78 is 13.5. The minimum atomic E-state index is -0.626. The van der Waals surface area contributed by atoms with Gasteiger partial charge in [-0.3, -0.25) is 4.79 Å². The summed E-state index contributed by atoms with van der Waals surface area (Å²) in [6, 6.07) is 13.4. The molecule has 3 aromatic rings. The monoisotopic (exact) mass is 337 g/mol. The largest absolute Gasteiger partial charge is 0.310 e. The van der Waals surface area contributed by atoms with Gasteiger partial charge in [-0.05, 0) is 36.3 Å². The van der Waals surface area contributed by atoms with Crippen LogP contribution < -0.4 is 4.90 Å². The van der Waals surface area contributed by atoms with Crippen molar-refractivity contribution in [2.45, 2.75) is 19.4 Å². The van der Waals surface area contributed by atoms with E-state index < -0.39 is 6.04 Å². The number of carbonyl (C=O) groups is 1. The molecule has 2 aromatic carbocycles. The molecular weight excluding hydrogens is 321 g/mol. The molecule has 7 heteroatoms. The third-order valence-electron chi connectivity index (χ3n) is 4.37. The van der Waals surface area contributed by atoms with Crippen molar-refractivity contribution in [1.82, 2.24) is 20.2 Å². The van der Waals surface area contributed by atoms with Gasteiger partial charge in [-0.1, -0.05) is 36.4 Å². The van der Waals surface area contributed by atoms with Gasteiger partial charge in [-0.15, -0.1) is 10.2 Å². The van der Waals surface area contributed by atoms with Crippen LogP contribution in [0.4, 0.5) is 10.1 Å². The van der Waals surface area contributed by atoms with Crippen LogP contribution in [0.25, 0.3) is 11.4 Å². The van der Waals surface area contributed by atoms with Crippen LogP contribution in [0, 0.1) is 5.82 Å². The van der Waals surface area contributed by atoms with Crippen molar-refractivity contribution in [3.05, 3.63) is 59.9 Å². The highest BCUT2D eigenvalue weighted by molar-refractivity contribution is 5.97. The standard InChI is InChI=1S/C18H16FN5O/c1-12(24-21-17(20-22-24)14-5-3-2-4-6-14)18(25)23-10-9-13-7-8-15(19)11-16(13)23/h2-8,11-12H,9-10H2,1H3. The number of halogens is 1. The number of hydrogen-bond donors (Lipinski definition) is 0. The fourth-order valence-electron chi connectivity index (χ4n) is 3.00. The van der Waals surface area contributed by atoms with Gasteiger partial charge in [-0.25, -0.2) is 4.39 Å². The number of aromatic nitrogens is 4.